The number of amides is 1. The molecule has 0 atom stereocenters. The molecule has 1 amide bonds. The van der Waals surface area contributed by atoms with Crippen molar-refractivity contribution < 1.29 is 9.90 Å². The van der Waals surface area contributed by atoms with E-state index >= 15 is 0 Å². The van der Waals surface area contributed by atoms with Gasteiger partial charge < -0.3 is 15.7 Å². The molecule has 0 aliphatic carbocycles. The number of rotatable bonds is 5. The number of nitrogens with zero attached hydrogens (tertiary/aromatic N) is 1. The van der Waals surface area contributed by atoms with Gasteiger partial charge in [-0.05, 0) is 32.4 Å². The highest BCUT2D eigenvalue weighted by Gasteiger charge is 2.19. The normalized spacial score (nSPS) is 10.2. The second-order valence-corrected chi connectivity index (χ2v) is 5.42. The summed E-state index contributed by atoms with van der Waals surface area (Å²) >= 11 is 1.38. The molecular weight excluding hydrogens is 260 g/mol. The lowest BCUT2D eigenvalue weighted by molar-refractivity contribution is 0.0698. The van der Waals surface area contributed by atoms with Crippen LogP contribution >= 0.6 is 11.3 Å². The van der Waals surface area contributed by atoms with Gasteiger partial charge in [0.15, 0.2) is 0 Å². The van der Waals surface area contributed by atoms with E-state index in [-0.39, 0.29) is 18.6 Å². The van der Waals surface area contributed by atoms with Crippen molar-refractivity contribution >= 4 is 17.2 Å². The van der Waals surface area contributed by atoms with Crippen LogP contribution < -0.4 is 5.73 Å². The monoisotopic (exact) mass is 280 g/mol. The zero-order valence-electron chi connectivity index (χ0n) is 11.3. The van der Waals surface area contributed by atoms with Crippen LogP contribution in [0, 0.1) is 11.8 Å². The minimum Gasteiger partial charge on any atom is -0.396 e. The Morgan fingerprint density at radius 1 is 1.53 bits per heavy atom. The van der Waals surface area contributed by atoms with Crippen LogP contribution in [-0.2, 0) is 0 Å². The quantitative estimate of drug-likeness (QED) is 0.799. The summed E-state index contributed by atoms with van der Waals surface area (Å²) in [5.41, 5.74) is 5.32. The fourth-order valence-electron chi connectivity index (χ4n) is 1.63. The van der Waals surface area contributed by atoms with E-state index in [1.807, 2.05) is 19.9 Å². The highest BCUT2D eigenvalue weighted by molar-refractivity contribution is 7.14. The molecule has 0 radical (unpaired) electrons. The molecule has 0 fully saturated rings. The van der Waals surface area contributed by atoms with Gasteiger partial charge in [-0.15, -0.1) is 11.3 Å². The third-order valence-electron chi connectivity index (χ3n) is 2.57. The highest BCUT2D eigenvalue weighted by atomic mass is 32.1. The third-order valence-corrected chi connectivity index (χ3v) is 3.56. The largest absolute Gasteiger partial charge is 0.396 e. The molecule has 104 valence electrons. The zero-order valence-corrected chi connectivity index (χ0v) is 12.2. The zero-order chi connectivity index (χ0) is 14.3. The molecule has 0 saturated heterocycles. The Hall–Kier alpha value is -1.35. The molecule has 0 aliphatic rings. The second-order valence-electron chi connectivity index (χ2n) is 4.34. The number of aliphatic hydroxyl groups excluding tert-OH is 1. The maximum Gasteiger partial charge on any atom is 0.264 e. The Morgan fingerprint density at radius 3 is 2.84 bits per heavy atom. The first kappa shape index (κ1) is 15.7. The summed E-state index contributed by atoms with van der Waals surface area (Å²) in [6.07, 6.45) is 0.592. The van der Waals surface area contributed by atoms with E-state index in [1.54, 1.807) is 11.0 Å². The number of thiophene rings is 1. The van der Waals surface area contributed by atoms with Crippen molar-refractivity contribution in [2.45, 2.75) is 26.3 Å². The number of hydrogen-bond donors (Lipinski definition) is 2. The average Bonchev–Trinajstić information content (AvgIpc) is 2.85. The lowest BCUT2D eigenvalue weighted by Crippen LogP contribution is -2.37. The standard InChI is InChI=1S/C14H20N2O2S/c1-11(2)16(9-4-10-17)14(18)13-7-6-12(19-13)5-3-8-15/h6-7,11,17H,4,8-10,15H2,1-2H3. The molecular formula is C14H20N2O2S. The van der Waals surface area contributed by atoms with Gasteiger partial charge in [0.25, 0.3) is 5.91 Å². The summed E-state index contributed by atoms with van der Waals surface area (Å²) in [6.45, 7) is 4.91. The minimum absolute atomic E-state index is 0.00533. The van der Waals surface area contributed by atoms with Crippen LogP contribution in [0.2, 0.25) is 0 Å². The Morgan fingerprint density at radius 2 is 2.26 bits per heavy atom. The summed E-state index contributed by atoms with van der Waals surface area (Å²) in [7, 11) is 0. The second kappa shape index (κ2) is 7.95. The molecule has 5 heteroatoms. The first-order valence-electron chi connectivity index (χ1n) is 6.30. The molecule has 1 aromatic rings. The van der Waals surface area contributed by atoms with E-state index in [4.69, 9.17) is 10.8 Å². The molecule has 0 aliphatic heterocycles. The van der Waals surface area contributed by atoms with Crippen LogP contribution in [0.5, 0.6) is 0 Å². The van der Waals surface area contributed by atoms with Crippen LogP contribution in [-0.4, -0.2) is 41.7 Å². The third kappa shape index (κ3) is 4.67. The molecule has 1 rings (SSSR count). The van der Waals surface area contributed by atoms with E-state index in [0.29, 0.717) is 24.4 Å². The fraction of sp³-hybridized carbons (Fsp3) is 0.500. The van der Waals surface area contributed by atoms with Crippen molar-refractivity contribution in [1.29, 1.82) is 0 Å². The van der Waals surface area contributed by atoms with Crippen LogP contribution in [0.25, 0.3) is 0 Å². The molecule has 0 bridgehead atoms. The van der Waals surface area contributed by atoms with E-state index < -0.39 is 0 Å². The first-order valence-corrected chi connectivity index (χ1v) is 7.12. The smallest absolute Gasteiger partial charge is 0.264 e. The fourth-order valence-corrected chi connectivity index (χ4v) is 2.47. The van der Waals surface area contributed by atoms with Crippen LogP contribution in [0.1, 0.15) is 34.8 Å². The number of aliphatic hydroxyl groups is 1. The Kier molecular flexibility index (Phi) is 6.57. The van der Waals surface area contributed by atoms with Crippen LogP contribution in [0.15, 0.2) is 12.1 Å². The van der Waals surface area contributed by atoms with Crippen molar-refractivity contribution in [3.05, 3.63) is 21.9 Å². The maximum atomic E-state index is 12.4. The van der Waals surface area contributed by atoms with Gasteiger partial charge in [-0.3, -0.25) is 4.79 Å². The Balaban J connectivity index is 2.81. The molecule has 3 N–H and O–H groups in total. The van der Waals surface area contributed by atoms with Crippen molar-refractivity contribution in [3.8, 4) is 11.8 Å². The topological polar surface area (TPSA) is 66.6 Å². The minimum atomic E-state index is -0.00533. The summed E-state index contributed by atoms with van der Waals surface area (Å²) in [6, 6.07) is 3.74. The van der Waals surface area contributed by atoms with Gasteiger partial charge in [0.1, 0.15) is 0 Å². The average molecular weight is 280 g/mol. The van der Waals surface area contributed by atoms with Gasteiger partial charge in [0.2, 0.25) is 0 Å². The summed E-state index contributed by atoms with van der Waals surface area (Å²) in [5, 5.41) is 8.89. The molecule has 1 heterocycles. The number of hydrogen-bond acceptors (Lipinski definition) is 4. The van der Waals surface area contributed by atoms with Gasteiger partial charge in [-0.1, -0.05) is 11.8 Å². The predicted octanol–water partition coefficient (Wildman–Crippen LogP) is 1.29. The maximum absolute atomic E-state index is 12.4. The number of carbonyl (C=O) groups excluding carboxylic acids is 1. The molecule has 19 heavy (non-hydrogen) atoms. The lowest BCUT2D eigenvalue weighted by Gasteiger charge is -2.25. The van der Waals surface area contributed by atoms with E-state index in [1.165, 1.54) is 11.3 Å². The molecule has 4 nitrogen and oxygen atoms in total. The summed E-state index contributed by atoms with van der Waals surface area (Å²) in [4.78, 5) is 15.6. The SMILES string of the molecule is CC(C)N(CCCO)C(=O)c1ccc(C#CCN)s1. The number of carbonyl (C=O) groups is 1. The Bertz CT molecular complexity index is 471. The van der Waals surface area contributed by atoms with Gasteiger partial charge in [0, 0.05) is 19.2 Å². The van der Waals surface area contributed by atoms with Crippen molar-refractivity contribution in [2.75, 3.05) is 19.7 Å². The van der Waals surface area contributed by atoms with Gasteiger partial charge >= 0.3 is 0 Å². The molecule has 1 aromatic heterocycles. The van der Waals surface area contributed by atoms with E-state index in [2.05, 4.69) is 11.8 Å². The van der Waals surface area contributed by atoms with Crippen LogP contribution in [0.3, 0.4) is 0 Å². The highest BCUT2D eigenvalue weighted by Crippen LogP contribution is 2.19. The molecule has 0 aromatic carbocycles. The summed E-state index contributed by atoms with van der Waals surface area (Å²) < 4.78 is 0. The van der Waals surface area contributed by atoms with Gasteiger partial charge in [-0.25, -0.2) is 0 Å². The van der Waals surface area contributed by atoms with E-state index in [9.17, 15) is 4.79 Å². The van der Waals surface area contributed by atoms with Crippen LogP contribution in [0.4, 0.5) is 0 Å². The number of nitrogens with two attached hydrogens (primary N) is 1. The van der Waals surface area contributed by atoms with Crippen molar-refractivity contribution in [3.63, 3.8) is 0 Å². The first-order chi connectivity index (χ1) is 9.10. The molecule has 0 saturated carbocycles. The molecule has 0 unspecified atom stereocenters. The van der Waals surface area contributed by atoms with Crippen molar-refractivity contribution in [2.24, 2.45) is 5.73 Å². The predicted molar refractivity (Wildman–Crippen MR) is 78.1 cm³/mol. The van der Waals surface area contributed by atoms with E-state index in [0.717, 1.165) is 4.88 Å². The van der Waals surface area contributed by atoms with Gasteiger partial charge in [-0.2, -0.15) is 0 Å². The lowest BCUT2D eigenvalue weighted by atomic mass is 10.2. The molecule has 0 spiro atoms. The van der Waals surface area contributed by atoms with Gasteiger partial charge in [0.05, 0.1) is 16.3 Å². The Labute approximate surface area is 118 Å². The van der Waals surface area contributed by atoms with Crippen molar-refractivity contribution in [1.82, 2.24) is 4.90 Å². The summed E-state index contributed by atoms with van der Waals surface area (Å²) in [5.74, 6) is 5.69.